The Morgan fingerprint density at radius 2 is 1.95 bits per heavy atom. The molecule has 0 radical (unpaired) electrons. The zero-order valence-electron chi connectivity index (χ0n) is 20.8. The SMILES string of the molecule is COC(=O)C1C(O)CCC2CN3CCc4c(n(OCc5ccc([N+](=O)[O-])cc5)c5ccccc45)C3CC21. The van der Waals surface area contributed by atoms with E-state index in [0.717, 1.165) is 54.5 Å². The highest BCUT2D eigenvalue weighted by Gasteiger charge is 2.50. The fourth-order valence-electron chi connectivity index (χ4n) is 6.90. The van der Waals surface area contributed by atoms with Gasteiger partial charge in [0.1, 0.15) is 6.61 Å². The number of carbonyl (C=O) groups excluding carboxylic acids is 1. The Morgan fingerprint density at radius 1 is 1.16 bits per heavy atom. The maximum Gasteiger partial charge on any atom is 0.311 e. The number of methoxy groups -OCH3 is 1. The van der Waals surface area contributed by atoms with Gasteiger partial charge < -0.3 is 14.7 Å². The second kappa shape index (κ2) is 9.46. The van der Waals surface area contributed by atoms with Crippen molar-refractivity contribution in [2.45, 2.75) is 44.4 Å². The quantitative estimate of drug-likeness (QED) is 0.320. The van der Waals surface area contributed by atoms with Crippen molar-refractivity contribution in [3.63, 3.8) is 0 Å². The Kier molecular flexibility index (Phi) is 6.12. The summed E-state index contributed by atoms with van der Waals surface area (Å²) in [6.45, 7) is 2.10. The first-order valence-electron chi connectivity index (χ1n) is 12.9. The minimum absolute atomic E-state index is 0.0459. The summed E-state index contributed by atoms with van der Waals surface area (Å²) in [7, 11) is 1.40. The normalized spacial score (nSPS) is 27.1. The summed E-state index contributed by atoms with van der Waals surface area (Å²) in [5.74, 6) is -0.425. The third-order valence-corrected chi connectivity index (χ3v) is 8.64. The maximum atomic E-state index is 12.7. The lowest BCUT2D eigenvalue weighted by Gasteiger charge is -2.51. The minimum Gasteiger partial charge on any atom is -0.469 e. The number of esters is 1. The molecule has 1 saturated heterocycles. The topological polar surface area (TPSA) is 107 Å². The Morgan fingerprint density at radius 3 is 2.70 bits per heavy atom. The van der Waals surface area contributed by atoms with Crippen LogP contribution in [0.1, 0.15) is 42.1 Å². The number of aliphatic hydroxyl groups excluding tert-OH is 1. The van der Waals surface area contributed by atoms with Gasteiger partial charge in [0.05, 0.1) is 41.3 Å². The molecule has 3 aliphatic rings. The molecule has 2 fully saturated rings. The van der Waals surface area contributed by atoms with E-state index < -0.39 is 16.9 Å². The van der Waals surface area contributed by atoms with Crippen molar-refractivity contribution in [1.82, 2.24) is 9.63 Å². The van der Waals surface area contributed by atoms with Gasteiger partial charge in [-0.2, -0.15) is 4.73 Å². The van der Waals surface area contributed by atoms with Gasteiger partial charge in [0.2, 0.25) is 0 Å². The van der Waals surface area contributed by atoms with Crippen molar-refractivity contribution >= 4 is 22.6 Å². The summed E-state index contributed by atoms with van der Waals surface area (Å²) < 4.78 is 7.05. The van der Waals surface area contributed by atoms with Gasteiger partial charge in [0.25, 0.3) is 5.69 Å². The van der Waals surface area contributed by atoms with Crippen LogP contribution in [-0.4, -0.2) is 51.9 Å². The Balaban J connectivity index is 1.36. The van der Waals surface area contributed by atoms with E-state index in [0.29, 0.717) is 12.3 Å². The Labute approximate surface area is 214 Å². The molecule has 0 spiro atoms. The van der Waals surface area contributed by atoms with E-state index in [1.165, 1.54) is 24.8 Å². The molecule has 5 unspecified atom stereocenters. The van der Waals surface area contributed by atoms with E-state index in [4.69, 9.17) is 9.57 Å². The van der Waals surface area contributed by atoms with E-state index in [2.05, 4.69) is 17.0 Å². The third kappa shape index (κ3) is 4.06. The lowest BCUT2D eigenvalue weighted by molar-refractivity contribution is -0.384. The van der Waals surface area contributed by atoms with E-state index in [9.17, 15) is 20.0 Å². The number of carbonyl (C=O) groups is 1. The first kappa shape index (κ1) is 23.9. The molecule has 0 amide bonds. The number of nitro groups is 1. The van der Waals surface area contributed by atoms with Gasteiger partial charge in [0.15, 0.2) is 0 Å². The van der Waals surface area contributed by atoms with Crippen LogP contribution < -0.4 is 4.84 Å². The average Bonchev–Trinajstić information content (AvgIpc) is 3.24. The van der Waals surface area contributed by atoms with Crippen molar-refractivity contribution in [2.75, 3.05) is 20.2 Å². The van der Waals surface area contributed by atoms with Gasteiger partial charge >= 0.3 is 5.97 Å². The average molecular weight is 506 g/mol. The number of aliphatic hydroxyl groups is 1. The summed E-state index contributed by atoms with van der Waals surface area (Å²) in [5, 5.41) is 22.9. The lowest BCUT2D eigenvalue weighted by Crippen LogP contribution is -2.53. The van der Waals surface area contributed by atoms with Crippen LogP contribution in [0.5, 0.6) is 0 Å². The molecule has 3 aromatic rings. The highest BCUT2D eigenvalue weighted by Crippen LogP contribution is 2.50. The first-order valence-corrected chi connectivity index (χ1v) is 12.9. The summed E-state index contributed by atoms with van der Waals surface area (Å²) in [6, 6.07) is 14.7. The molecule has 6 rings (SSSR count). The Hall–Kier alpha value is -3.43. The number of benzene rings is 2. The van der Waals surface area contributed by atoms with Gasteiger partial charge in [-0.3, -0.25) is 19.8 Å². The van der Waals surface area contributed by atoms with Crippen LogP contribution in [0.2, 0.25) is 0 Å². The second-order valence-electron chi connectivity index (χ2n) is 10.5. The van der Waals surface area contributed by atoms with Crippen LogP contribution in [-0.2, 0) is 22.6 Å². The summed E-state index contributed by atoms with van der Waals surface area (Å²) in [4.78, 5) is 32.3. The van der Waals surface area contributed by atoms with Crippen molar-refractivity contribution in [3.8, 4) is 0 Å². The molecule has 9 heteroatoms. The van der Waals surface area contributed by atoms with Gasteiger partial charge in [0, 0.05) is 30.6 Å². The molecular weight excluding hydrogens is 474 g/mol. The van der Waals surface area contributed by atoms with E-state index >= 15 is 0 Å². The molecule has 194 valence electrons. The van der Waals surface area contributed by atoms with Crippen LogP contribution in [0.15, 0.2) is 48.5 Å². The molecule has 0 bridgehead atoms. The van der Waals surface area contributed by atoms with Gasteiger partial charge in [-0.05, 0) is 66.8 Å². The molecule has 3 heterocycles. The molecule has 37 heavy (non-hydrogen) atoms. The third-order valence-electron chi connectivity index (χ3n) is 8.64. The number of ether oxygens (including phenoxy) is 1. The highest BCUT2D eigenvalue weighted by atomic mass is 16.7. The molecule has 1 N–H and O–H groups in total. The van der Waals surface area contributed by atoms with E-state index in [-0.39, 0.29) is 30.2 Å². The molecule has 1 saturated carbocycles. The van der Waals surface area contributed by atoms with Crippen LogP contribution in [0.4, 0.5) is 5.69 Å². The number of nitro benzene ring substituents is 1. The van der Waals surface area contributed by atoms with Crippen molar-refractivity contribution in [2.24, 2.45) is 17.8 Å². The fraction of sp³-hybridized carbons (Fsp3) is 0.464. The van der Waals surface area contributed by atoms with Gasteiger partial charge in [-0.1, -0.05) is 18.2 Å². The molecule has 9 nitrogen and oxygen atoms in total. The number of para-hydroxylation sites is 1. The van der Waals surface area contributed by atoms with Crippen LogP contribution in [0, 0.1) is 27.9 Å². The number of nitrogens with zero attached hydrogens (tertiary/aromatic N) is 3. The number of hydrogen-bond donors (Lipinski definition) is 1. The predicted octanol–water partition coefficient (Wildman–Crippen LogP) is 3.66. The standard InChI is InChI=1S/C28H31N3O6/c1-36-28(33)26-22-14-24-27-21(12-13-29(24)15-18(22)8-11-25(26)32)20-4-2-3-5-23(20)30(27)37-16-17-6-9-19(10-7-17)31(34)35/h2-7,9-10,18,22,24-26,32H,8,11-16H2,1H3. The number of piperidine rings is 1. The smallest absolute Gasteiger partial charge is 0.311 e. The molecule has 5 atom stereocenters. The number of fused-ring (bicyclic) bond motifs is 6. The van der Waals surface area contributed by atoms with Crippen molar-refractivity contribution < 1.29 is 24.4 Å². The Bertz CT molecular complexity index is 1340. The first-order chi connectivity index (χ1) is 18.0. The van der Waals surface area contributed by atoms with Gasteiger partial charge in [-0.25, -0.2) is 0 Å². The van der Waals surface area contributed by atoms with Crippen molar-refractivity contribution in [1.29, 1.82) is 0 Å². The number of hydrogen-bond acceptors (Lipinski definition) is 7. The lowest BCUT2D eigenvalue weighted by atomic mass is 9.65. The van der Waals surface area contributed by atoms with E-state index in [1.807, 2.05) is 16.9 Å². The monoisotopic (exact) mass is 505 g/mol. The van der Waals surface area contributed by atoms with Crippen LogP contribution >= 0.6 is 0 Å². The van der Waals surface area contributed by atoms with E-state index in [1.54, 1.807) is 12.1 Å². The van der Waals surface area contributed by atoms with Gasteiger partial charge in [-0.15, -0.1) is 0 Å². The minimum atomic E-state index is -0.674. The second-order valence-corrected chi connectivity index (χ2v) is 10.5. The highest BCUT2D eigenvalue weighted by molar-refractivity contribution is 5.86. The fourth-order valence-corrected chi connectivity index (χ4v) is 6.90. The zero-order valence-corrected chi connectivity index (χ0v) is 20.8. The molecule has 1 aliphatic carbocycles. The number of aromatic nitrogens is 1. The maximum absolute atomic E-state index is 12.7. The summed E-state index contributed by atoms with van der Waals surface area (Å²) in [6.07, 6.45) is 2.54. The molecule has 1 aromatic heterocycles. The predicted molar refractivity (Wildman–Crippen MR) is 136 cm³/mol. The van der Waals surface area contributed by atoms with Crippen molar-refractivity contribution in [3.05, 3.63) is 75.5 Å². The summed E-state index contributed by atoms with van der Waals surface area (Å²) in [5.41, 5.74) is 4.26. The van der Waals surface area contributed by atoms with Crippen LogP contribution in [0.3, 0.4) is 0 Å². The largest absolute Gasteiger partial charge is 0.469 e. The zero-order chi connectivity index (χ0) is 25.7. The molecule has 2 aromatic carbocycles. The number of non-ortho nitro benzene ring substituents is 1. The van der Waals surface area contributed by atoms with Crippen LogP contribution in [0.25, 0.3) is 10.9 Å². The number of rotatable bonds is 5. The molecule has 2 aliphatic heterocycles. The molecular formula is C28H31N3O6. The summed E-state index contributed by atoms with van der Waals surface area (Å²) >= 11 is 0.